The highest BCUT2D eigenvalue weighted by Gasteiger charge is 2.15. The second-order valence-corrected chi connectivity index (χ2v) is 2.22. The fourth-order valence-corrected chi connectivity index (χ4v) is 0.472. The first-order valence-electron chi connectivity index (χ1n) is 2.95. The van der Waals surface area contributed by atoms with Gasteiger partial charge in [0.25, 0.3) is 5.91 Å². The van der Waals surface area contributed by atoms with E-state index in [9.17, 15) is 9.70 Å². The maximum Gasteiger partial charge on any atom is 0.279 e. The first-order valence-corrected chi connectivity index (χ1v) is 2.95. The average molecular weight is 158 g/mol. The van der Waals surface area contributed by atoms with E-state index in [1.54, 1.807) is 0 Å². The molecular weight excluding hydrogens is 148 g/mol. The Morgan fingerprint density at radius 1 is 1.45 bits per heavy atom. The Kier molecular flexibility index (Phi) is 3.23. The number of hydrogen-bond donors (Lipinski definition) is 1. The number of aliphatic hydroxyl groups excluding tert-OH is 1. The average Bonchev–Trinajstić information content (AvgIpc) is 1.88. The lowest BCUT2D eigenvalue weighted by Crippen LogP contribution is -2.23. The lowest BCUT2D eigenvalue weighted by molar-refractivity contribution is -0.124. The van der Waals surface area contributed by atoms with Crippen LogP contribution in [0.25, 0.3) is 0 Å². The van der Waals surface area contributed by atoms with E-state index in [0.717, 1.165) is 4.90 Å². The van der Waals surface area contributed by atoms with E-state index < -0.39 is 11.6 Å². The summed E-state index contributed by atoms with van der Waals surface area (Å²) in [4.78, 5) is 22.1. The zero-order chi connectivity index (χ0) is 9.02. The minimum absolute atomic E-state index is 0.362. The van der Waals surface area contributed by atoms with Crippen LogP contribution < -0.4 is 0 Å². The van der Waals surface area contributed by atoms with Crippen LogP contribution in [0, 0.1) is 4.91 Å². The standard InChI is InChI=1S/C6H10N2O3/c1-4(9)5(7-11)6(10)8(2)3/h9H,1-3H3. The number of amides is 1. The smallest absolute Gasteiger partial charge is 0.279 e. The number of aliphatic hydroxyl groups is 1. The van der Waals surface area contributed by atoms with Crippen molar-refractivity contribution in [2.45, 2.75) is 6.92 Å². The summed E-state index contributed by atoms with van der Waals surface area (Å²) in [6, 6.07) is 0. The molecule has 0 aromatic heterocycles. The van der Waals surface area contributed by atoms with E-state index in [1.807, 2.05) is 0 Å². The molecule has 0 aliphatic rings. The van der Waals surface area contributed by atoms with Crippen molar-refractivity contribution in [3.8, 4) is 0 Å². The zero-order valence-electron chi connectivity index (χ0n) is 6.66. The highest BCUT2D eigenvalue weighted by atomic mass is 16.3. The maximum atomic E-state index is 10.9. The van der Waals surface area contributed by atoms with Crippen LogP contribution in [0.15, 0.2) is 16.6 Å². The monoisotopic (exact) mass is 158 g/mol. The summed E-state index contributed by atoms with van der Waals surface area (Å²) in [5, 5.41) is 11.2. The fraction of sp³-hybridized carbons (Fsp3) is 0.500. The van der Waals surface area contributed by atoms with Crippen molar-refractivity contribution in [2.75, 3.05) is 14.1 Å². The van der Waals surface area contributed by atoms with Gasteiger partial charge in [0, 0.05) is 14.1 Å². The van der Waals surface area contributed by atoms with Gasteiger partial charge >= 0.3 is 0 Å². The fourth-order valence-electron chi connectivity index (χ4n) is 0.472. The molecule has 11 heavy (non-hydrogen) atoms. The van der Waals surface area contributed by atoms with Crippen LogP contribution in [-0.4, -0.2) is 30.0 Å². The molecule has 1 amide bonds. The Balaban J connectivity index is 4.68. The molecule has 0 saturated carbocycles. The highest BCUT2D eigenvalue weighted by molar-refractivity contribution is 5.92. The van der Waals surface area contributed by atoms with Gasteiger partial charge in [0.2, 0.25) is 5.70 Å². The third-order valence-electron chi connectivity index (χ3n) is 1.04. The summed E-state index contributed by atoms with van der Waals surface area (Å²) >= 11 is 0. The molecule has 0 heterocycles. The molecule has 1 N–H and O–H groups in total. The number of hydrogen-bond acceptors (Lipinski definition) is 4. The first-order chi connectivity index (χ1) is 5.00. The van der Waals surface area contributed by atoms with E-state index in [4.69, 9.17) is 5.11 Å². The molecule has 0 aromatic carbocycles. The van der Waals surface area contributed by atoms with Gasteiger partial charge in [-0.2, -0.15) is 0 Å². The van der Waals surface area contributed by atoms with Crippen LogP contribution in [-0.2, 0) is 4.79 Å². The molecule has 0 aliphatic carbocycles. The van der Waals surface area contributed by atoms with E-state index >= 15 is 0 Å². The second-order valence-electron chi connectivity index (χ2n) is 2.22. The molecule has 0 bridgehead atoms. The largest absolute Gasteiger partial charge is 0.510 e. The van der Waals surface area contributed by atoms with Crippen LogP contribution in [0.4, 0.5) is 0 Å². The van der Waals surface area contributed by atoms with Gasteiger partial charge in [0.1, 0.15) is 5.76 Å². The normalized spacial score (nSPS) is 11.9. The number of carbonyl (C=O) groups excluding carboxylic acids is 1. The Morgan fingerprint density at radius 3 is 2.00 bits per heavy atom. The number of rotatable bonds is 2. The summed E-state index contributed by atoms with van der Waals surface area (Å²) in [6.45, 7) is 1.23. The molecule has 5 heteroatoms. The minimum atomic E-state index is -0.597. The van der Waals surface area contributed by atoms with Crippen LogP contribution in [0.1, 0.15) is 6.92 Å². The summed E-state index contributed by atoms with van der Waals surface area (Å²) < 4.78 is 0. The Morgan fingerprint density at radius 2 is 1.91 bits per heavy atom. The molecule has 0 spiro atoms. The minimum Gasteiger partial charge on any atom is -0.510 e. The molecule has 0 rings (SSSR count). The molecule has 0 aromatic rings. The van der Waals surface area contributed by atoms with E-state index in [1.165, 1.54) is 21.0 Å². The molecule has 0 unspecified atom stereocenters. The molecule has 0 radical (unpaired) electrons. The number of likely N-dealkylation sites (N-methyl/N-ethyl adjacent to an activating group) is 1. The number of allylic oxidation sites excluding steroid dienone is 1. The van der Waals surface area contributed by atoms with Crippen molar-refractivity contribution in [3.05, 3.63) is 16.4 Å². The molecule has 62 valence electrons. The highest BCUT2D eigenvalue weighted by Crippen LogP contribution is 2.04. The van der Waals surface area contributed by atoms with Gasteiger partial charge in [-0.1, -0.05) is 0 Å². The molecular formula is C6H10N2O3. The van der Waals surface area contributed by atoms with Crippen molar-refractivity contribution in [2.24, 2.45) is 5.18 Å². The van der Waals surface area contributed by atoms with Gasteiger partial charge in [-0.15, -0.1) is 4.91 Å². The zero-order valence-corrected chi connectivity index (χ0v) is 6.66. The molecule has 0 atom stereocenters. The van der Waals surface area contributed by atoms with E-state index in [0.29, 0.717) is 0 Å². The lowest BCUT2D eigenvalue weighted by Gasteiger charge is -2.08. The van der Waals surface area contributed by atoms with E-state index in [2.05, 4.69) is 5.18 Å². The van der Waals surface area contributed by atoms with Crippen LogP contribution >= 0.6 is 0 Å². The Hall–Kier alpha value is -1.39. The van der Waals surface area contributed by atoms with Crippen molar-refractivity contribution in [3.63, 3.8) is 0 Å². The Bertz CT molecular complexity index is 204. The number of nitroso groups, excluding NO2 is 1. The van der Waals surface area contributed by atoms with Gasteiger partial charge in [0.15, 0.2) is 0 Å². The van der Waals surface area contributed by atoms with Gasteiger partial charge in [-0.25, -0.2) is 0 Å². The third kappa shape index (κ3) is 2.37. The lowest BCUT2D eigenvalue weighted by atomic mass is 10.3. The molecule has 0 saturated heterocycles. The number of carbonyl (C=O) groups is 1. The molecule has 0 aliphatic heterocycles. The SMILES string of the molecule is CC(O)=C(N=O)C(=O)N(C)C. The van der Waals surface area contributed by atoms with Crippen LogP contribution in [0.2, 0.25) is 0 Å². The molecule has 5 nitrogen and oxygen atoms in total. The van der Waals surface area contributed by atoms with Crippen LogP contribution in [0.5, 0.6) is 0 Å². The van der Waals surface area contributed by atoms with E-state index in [-0.39, 0.29) is 5.76 Å². The van der Waals surface area contributed by atoms with Gasteiger partial charge in [-0.3, -0.25) is 4.79 Å². The van der Waals surface area contributed by atoms with Crippen molar-refractivity contribution < 1.29 is 9.90 Å². The quantitative estimate of drug-likeness (QED) is 0.364. The molecule has 0 fully saturated rings. The third-order valence-corrected chi connectivity index (χ3v) is 1.04. The maximum absolute atomic E-state index is 10.9. The van der Waals surface area contributed by atoms with Gasteiger partial charge < -0.3 is 10.0 Å². The Labute approximate surface area is 64.3 Å². The first kappa shape index (κ1) is 9.61. The predicted molar refractivity (Wildman–Crippen MR) is 39.8 cm³/mol. The predicted octanol–water partition coefficient (Wildman–Crippen LogP) is 0.631. The second kappa shape index (κ2) is 3.70. The summed E-state index contributed by atoms with van der Waals surface area (Å²) in [7, 11) is 2.94. The summed E-state index contributed by atoms with van der Waals surface area (Å²) in [5.74, 6) is -0.960. The van der Waals surface area contributed by atoms with Crippen molar-refractivity contribution >= 4 is 5.91 Å². The summed E-state index contributed by atoms with van der Waals surface area (Å²) in [6.07, 6.45) is 0. The van der Waals surface area contributed by atoms with Gasteiger partial charge in [-0.05, 0) is 12.1 Å². The topological polar surface area (TPSA) is 70.0 Å². The van der Waals surface area contributed by atoms with Gasteiger partial charge in [0.05, 0.1) is 0 Å². The van der Waals surface area contributed by atoms with Crippen molar-refractivity contribution in [1.29, 1.82) is 0 Å². The van der Waals surface area contributed by atoms with Crippen LogP contribution in [0.3, 0.4) is 0 Å². The number of nitrogens with zero attached hydrogens (tertiary/aromatic N) is 2. The van der Waals surface area contributed by atoms with Crippen molar-refractivity contribution in [1.82, 2.24) is 4.90 Å². The summed E-state index contributed by atoms with van der Waals surface area (Å²) in [5.41, 5.74) is -0.449.